The lowest BCUT2D eigenvalue weighted by Gasteiger charge is -2.38. The molecule has 0 bridgehead atoms. The van der Waals surface area contributed by atoms with E-state index in [4.69, 9.17) is 0 Å². The molecule has 0 radical (unpaired) electrons. The highest BCUT2D eigenvalue weighted by molar-refractivity contribution is 4.91. The number of nitrogens with zero attached hydrogens (tertiary/aromatic N) is 2. The fraction of sp³-hybridized carbons (Fsp3) is 1.00. The highest BCUT2D eigenvalue weighted by Gasteiger charge is 2.33. The molecular weight excluding hydrogens is 174 g/mol. The zero-order chi connectivity index (χ0) is 9.97. The zero-order valence-corrected chi connectivity index (χ0v) is 9.50. The lowest BCUT2D eigenvalue weighted by Crippen LogP contribution is -2.53. The number of piperazine rings is 1. The first-order chi connectivity index (χ1) is 6.79. The summed E-state index contributed by atoms with van der Waals surface area (Å²) in [5.41, 5.74) is 0. The van der Waals surface area contributed by atoms with Gasteiger partial charge in [0.25, 0.3) is 0 Å². The Morgan fingerprint density at radius 2 is 1.86 bits per heavy atom. The summed E-state index contributed by atoms with van der Waals surface area (Å²) in [4.78, 5) is 5.11. The lowest BCUT2D eigenvalue weighted by atomic mass is 10.1. The molecule has 0 aromatic heterocycles. The molecule has 0 aromatic rings. The van der Waals surface area contributed by atoms with Crippen LogP contribution in [0.1, 0.15) is 19.3 Å². The average Bonchev–Trinajstić information content (AvgIpc) is 2.67. The molecular formula is C11H23N3. The van der Waals surface area contributed by atoms with Crippen LogP contribution in [0.5, 0.6) is 0 Å². The van der Waals surface area contributed by atoms with Crippen molar-refractivity contribution in [1.82, 2.24) is 15.1 Å². The summed E-state index contributed by atoms with van der Waals surface area (Å²) in [7, 11) is 4.45. The molecule has 1 saturated carbocycles. The van der Waals surface area contributed by atoms with Gasteiger partial charge in [0.05, 0.1) is 0 Å². The van der Waals surface area contributed by atoms with E-state index in [0.717, 1.165) is 12.1 Å². The van der Waals surface area contributed by atoms with Gasteiger partial charge in [-0.05, 0) is 26.9 Å². The van der Waals surface area contributed by atoms with Gasteiger partial charge in [-0.2, -0.15) is 0 Å². The maximum atomic E-state index is 3.43. The Bertz CT molecular complexity index is 175. The molecule has 0 aromatic carbocycles. The third-order valence-corrected chi connectivity index (χ3v) is 3.73. The Labute approximate surface area is 87.4 Å². The molecule has 1 N–H and O–H groups in total. The molecule has 14 heavy (non-hydrogen) atoms. The molecule has 1 saturated heterocycles. The quantitative estimate of drug-likeness (QED) is 0.690. The molecule has 1 aliphatic carbocycles. The SMILES string of the molecule is CN(C)[C@H]1CCC[C@H]1N1CCNCC1. The summed E-state index contributed by atoms with van der Waals surface area (Å²) in [6.07, 6.45) is 4.21. The van der Waals surface area contributed by atoms with Crippen molar-refractivity contribution in [2.24, 2.45) is 0 Å². The van der Waals surface area contributed by atoms with Crippen LogP contribution >= 0.6 is 0 Å². The van der Waals surface area contributed by atoms with Crippen LogP contribution in [0.15, 0.2) is 0 Å². The zero-order valence-electron chi connectivity index (χ0n) is 9.50. The Morgan fingerprint density at radius 1 is 1.14 bits per heavy atom. The molecule has 2 fully saturated rings. The van der Waals surface area contributed by atoms with E-state index in [1.54, 1.807) is 0 Å². The Hall–Kier alpha value is -0.120. The van der Waals surface area contributed by atoms with E-state index in [1.807, 2.05) is 0 Å². The van der Waals surface area contributed by atoms with E-state index >= 15 is 0 Å². The van der Waals surface area contributed by atoms with Gasteiger partial charge in [0.1, 0.15) is 0 Å². The second-order valence-electron chi connectivity index (χ2n) is 4.82. The van der Waals surface area contributed by atoms with Crippen molar-refractivity contribution in [2.45, 2.75) is 31.3 Å². The first-order valence-corrected chi connectivity index (χ1v) is 5.90. The Kier molecular flexibility index (Phi) is 3.42. The highest BCUT2D eigenvalue weighted by Crippen LogP contribution is 2.27. The van der Waals surface area contributed by atoms with Crippen LogP contribution in [-0.2, 0) is 0 Å². The molecule has 0 amide bonds. The normalized spacial score (nSPS) is 35.4. The maximum absolute atomic E-state index is 3.43. The minimum Gasteiger partial charge on any atom is -0.314 e. The average molecular weight is 197 g/mol. The molecule has 0 unspecified atom stereocenters. The van der Waals surface area contributed by atoms with Crippen molar-refractivity contribution in [1.29, 1.82) is 0 Å². The predicted molar refractivity (Wildman–Crippen MR) is 59.6 cm³/mol. The van der Waals surface area contributed by atoms with Crippen LogP contribution in [0.2, 0.25) is 0 Å². The predicted octanol–water partition coefficient (Wildman–Crippen LogP) is 0.374. The molecule has 82 valence electrons. The molecule has 0 spiro atoms. The van der Waals surface area contributed by atoms with Gasteiger partial charge >= 0.3 is 0 Å². The Balaban J connectivity index is 1.94. The summed E-state index contributed by atoms with van der Waals surface area (Å²) in [6.45, 7) is 4.84. The van der Waals surface area contributed by atoms with E-state index in [-0.39, 0.29) is 0 Å². The largest absolute Gasteiger partial charge is 0.314 e. The van der Waals surface area contributed by atoms with Gasteiger partial charge in [0, 0.05) is 38.3 Å². The summed E-state index contributed by atoms with van der Waals surface area (Å²) in [5.74, 6) is 0. The van der Waals surface area contributed by atoms with Crippen LogP contribution in [0.3, 0.4) is 0 Å². The highest BCUT2D eigenvalue weighted by atomic mass is 15.3. The van der Waals surface area contributed by atoms with E-state index in [9.17, 15) is 0 Å². The van der Waals surface area contributed by atoms with Gasteiger partial charge in [0.2, 0.25) is 0 Å². The van der Waals surface area contributed by atoms with E-state index in [0.29, 0.717) is 0 Å². The number of rotatable bonds is 2. The number of likely N-dealkylation sites (N-methyl/N-ethyl adjacent to an activating group) is 1. The minimum atomic E-state index is 0.799. The molecule has 3 heteroatoms. The summed E-state index contributed by atoms with van der Waals surface area (Å²) in [6, 6.07) is 1.63. The number of hydrogen-bond acceptors (Lipinski definition) is 3. The van der Waals surface area contributed by atoms with Crippen molar-refractivity contribution in [3.63, 3.8) is 0 Å². The van der Waals surface area contributed by atoms with Crippen molar-refractivity contribution < 1.29 is 0 Å². The molecule has 3 nitrogen and oxygen atoms in total. The van der Waals surface area contributed by atoms with Crippen LogP contribution < -0.4 is 5.32 Å². The second-order valence-corrected chi connectivity index (χ2v) is 4.82. The van der Waals surface area contributed by atoms with Crippen LogP contribution in [-0.4, -0.2) is 62.2 Å². The van der Waals surface area contributed by atoms with Gasteiger partial charge in [-0.3, -0.25) is 4.90 Å². The van der Waals surface area contributed by atoms with E-state index in [1.165, 1.54) is 45.4 Å². The summed E-state index contributed by atoms with van der Waals surface area (Å²) >= 11 is 0. The van der Waals surface area contributed by atoms with E-state index in [2.05, 4.69) is 29.2 Å². The lowest BCUT2D eigenvalue weighted by molar-refractivity contribution is 0.114. The van der Waals surface area contributed by atoms with Gasteiger partial charge in [0.15, 0.2) is 0 Å². The summed E-state index contributed by atoms with van der Waals surface area (Å²) < 4.78 is 0. The topological polar surface area (TPSA) is 18.5 Å². The van der Waals surface area contributed by atoms with Crippen LogP contribution in [0, 0.1) is 0 Å². The van der Waals surface area contributed by atoms with Crippen molar-refractivity contribution in [3.8, 4) is 0 Å². The van der Waals surface area contributed by atoms with Gasteiger partial charge in [-0.25, -0.2) is 0 Å². The third kappa shape index (κ3) is 2.10. The van der Waals surface area contributed by atoms with Crippen LogP contribution in [0.25, 0.3) is 0 Å². The number of hydrogen-bond donors (Lipinski definition) is 1. The smallest absolute Gasteiger partial charge is 0.0252 e. The molecule has 2 rings (SSSR count). The molecule has 1 aliphatic heterocycles. The van der Waals surface area contributed by atoms with Crippen molar-refractivity contribution in [3.05, 3.63) is 0 Å². The standard InChI is InChI=1S/C11H23N3/c1-13(2)10-4-3-5-11(10)14-8-6-12-7-9-14/h10-12H,3-9H2,1-2H3/t10-,11+/m0/s1. The molecule has 2 aliphatic rings. The van der Waals surface area contributed by atoms with Crippen molar-refractivity contribution >= 4 is 0 Å². The fourth-order valence-electron chi connectivity index (χ4n) is 2.96. The monoisotopic (exact) mass is 197 g/mol. The van der Waals surface area contributed by atoms with Gasteiger partial charge < -0.3 is 10.2 Å². The molecule has 1 heterocycles. The fourth-order valence-corrected chi connectivity index (χ4v) is 2.96. The maximum Gasteiger partial charge on any atom is 0.0252 e. The third-order valence-electron chi connectivity index (χ3n) is 3.73. The van der Waals surface area contributed by atoms with Crippen LogP contribution in [0.4, 0.5) is 0 Å². The summed E-state index contributed by atoms with van der Waals surface area (Å²) in [5, 5.41) is 3.43. The molecule has 2 atom stereocenters. The second kappa shape index (κ2) is 4.60. The van der Waals surface area contributed by atoms with Crippen molar-refractivity contribution in [2.75, 3.05) is 40.3 Å². The minimum absolute atomic E-state index is 0.799. The first kappa shape index (κ1) is 10.4. The van der Waals surface area contributed by atoms with E-state index < -0.39 is 0 Å². The Morgan fingerprint density at radius 3 is 2.50 bits per heavy atom. The van der Waals surface area contributed by atoms with Gasteiger partial charge in [-0.15, -0.1) is 0 Å². The van der Waals surface area contributed by atoms with Gasteiger partial charge in [-0.1, -0.05) is 6.42 Å². The number of nitrogens with one attached hydrogen (secondary N) is 1. The first-order valence-electron chi connectivity index (χ1n) is 5.90.